The van der Waals surface area contributed by atoms with Crippen molar-refractivity contribution < 1.29 is 25.9 Å². The van der Waals surface area contributed by atoms with Gasteiger partial charge in [0, 0.05) is 25.3 Å². The minimum Gasteiger partial charge on any atom is -0.365 e. The summed E-state index contributed by atoms with van der Waals surface area (Å²) in [6, 6.07) is 16.9. The first-order valence-electron chi connectivity index (χ1n) is 11.4. The third-order valence-corrected chi connectivity index (χ3v) is 7.77. The number of pyridine rings is 1. The number of benzene rings is 2. The number of piperidine rings is 1. The largest absolute Gasteiger partial charge is 0.365 e. The Hall–Kier alpha value is -2.83. The smallest absolute Gasteiger partial charge is 0.294 e. The molecule has 2 atom stereocenters. The lowest BCUT2D eigenvalue weighted by Crippen LogP contribution is -2.63. The van der Waals surface area contributed by atoms with E-state index in [1.807, 2.05) is 32.3 Å². The van der Waals surface area contributed by atoms with Gasteiger partial charge in [0.25, 0.3) is 20.2 Å². The summed E-state index contributed by atoms with van der Waals surface area (Å²) in [5.41, 5.74) is 3.19. The quantitative estimate of drug-likeness (QED) is 0.433. The first-order valence-corrected chi connectivity index (χ1v) is 14.3. The van der Waals surface area contributed by atoms with Crippen LogP contribution in [-0.4, -0.2) is 56.6 Å². The van der Waals surface area contributed by atoms with Crippen molar-refractivity contribution in [2.75, 3.05) is 24.5 Å². The van der Waals surface area contributed by atoms with Gasteiger partial charge in [-0.15, -0.1) is 0 Å². The van der Waals surface area contributed by atoms with Crippen LogP contribution in [0.3, 0.4) is 0 Å². The summed E-state index contributed by atoms with van der Waals surface area (Å²) >= 11 is 0. The van der Waals surface area contributed by atoms with Gasteiger partial charge >= 0.3 is 0 Å². The van der Waals surface area contributed by atoms with Gasteiger partial charge in [0.05, 0.1) is 21.7 Å². The van der Waals surface area contributed by atoms with Crippen LogP contribution in [0.4, 0.5) is 5.69 Å². The molecule has 11 heteroatoms. The topological polar surface area (TPSA) is 137 Å². The van der Waals surface area contributed by atoms with Gasteiger partial charge in [-0.05, 0) is 69.1 Å². The lowest BCUT2D eigenvalue weighted by atomic mass is 9.83. The van der Waals surface area contributed by atoms with Crippen LogP contribution in [0.1, 0.15) is 17.5 Å². The SMILES string of the molecule is Cc1ccc(S(=O)(=O)O)cc1.Cc1ccc(S(=O)(=O)O)cc1.c1cncc(N2C[C@H]3CCNC[C@H]32)c1. The van der Waals surface area contributed by atoms with Gasteiger partial charge in [0.1, 0.15) is 0 Å². The molecule has 3 heterocycles. The first-order chi connectivity index (χ1) is 16.9. The molecule has 2 saturated heterocycles. The van der Waals surface area contributed by atoms with E-state index in [0.717, 1.165) is 23.6 Å². The summed E-state index contributed by atoms with van der Waals surface area (Å²) in [5, 5.41) is 3.45. The molecule has 2 aliphatic heterocycles. The van der Waals surface area contributed by atoms with Gasteiger partial charge in [0.2, 0.25) is 0 Å². The predicted octanol–water partition coefficient (Wildman–Crippen LogP) is 3.36. The van der Waals surface area contributed by atoms with Crippen molar-refractivity contribution in [3.8, 4) is 0 Å². The second-order valence-electron chi connectivity index (χ2n) is 8.76. The van der Waals surface area contributed by atoms with E-state index in [4.69, 9.17) is 9.11 Å². The van der Waals surface area contributed by atoms with Gasteiger partial charge in [-0.1, -0.05) is 35.4 Å². The maximum absolute atomic E-state index is 10.5. The highest BCUT2D eigenvalue weighted by Crippen LogP contribution is 2.33. The maximum Gasteiger partial charge on any atom is 0.294 e. The minimum absolute atomic E-state index is 0.0666. The Balaban J connectivity index is 0.000000153. The zero-order valence-electron chi connectivity index (χ0n) is 20.1. The van der Waals surface area contributed by atoms with Gasteiger partial charge in [-0.2, -0.15) is 16.8 Å². The molecule has 0 amide bonds. The zero-order valence-corrected chi connectivity index (χ0v) is 21.8. The van der Waals surface area contributed by atoms with Crippen LogP contribution < -0.4 is 10.2 Å². The number of rotatable bonds is 3. The van der Waals surface area contributed by atoms with Crippen molar-refractivity contribution >= 4 is 25.9 Å². The van der Waals surface area contributed by atoms with Crippen molar-refractivity contribution in [1.29, 1.82) is 0 Å². The molecule has 5 rings (SSSR count). The average molecular weight is 534 g/mol. The molecular formula is C25H31N3O6S2. The number of nitrogens with one attached hydrogen (secondary N) is 1. The third kappa shape index (κ3) is 7.84. The Morgan fingerprint density at radius 3 is 1.81 bits per heavy atom. The van der Waals surface area contributed by atoms with E-state index in [9.17, 15) is 16.8 Å². The summed E-state index contributed by atoms with van der Waals surface area (Å²) in [4.78, 5) is 6.49. The van der Waals surface area contributed by atoms with Crippen LogP contribution in [0.2, 0.25) is 0 Å². The Morgan fingerprint density at radius 2 is 1.39 bits per heavy atom. The van der Waals surface area contributed by atoms with Crippen LogP contribution in [0, 0.1) is 19.8 Å². The highest BCUT2D eigenvalue weighted by molar-refractivity contribution is 7.86. The van der Waals surface area contributed by atoms with E-state index in [1.165, 1.54) is 49.5 Å². The van der Waals surface area contributed by atoms with Crippen LogP contribution in [0.5, 0.6) is 0 Å². The monoisotopic (exact) mass is 533 g/mol. The summed E-state index contributed by atoms with van der Waals surface area (Å²) in [6.45, 7) is 7.24. The molecule has 0 spiro atoms. The molecule has 2 aromatic carbocycles. The summed E-state index contributed by atoms with van der Waals surface area (Å²) < 4.78 is 59.1. The van der Waals surface area contributed by atoms with E-state index in [-0.39, 0.29) is 9.79 Å². The molecule has 2 fully saturated rings. The lowest BCUT2D eigenvalue weighted by Gasteiger charge is -2.52. The normalized spacial score (nSPS) is 18.9. The summed E-state index contributed by atoms with van der Waals surface area (Å²) in [6.07, 6.45) is 5.13. The number of nitrogens with zero attached hydrogens (tertiary/aromatic N) is 2. The Labute approximate surface area is 212 Å². The average Bonchev–Trinajstić information content (AvgIpc) is 2.81. The molecule has 0 unspecified atom stereocenters. The van der Waals surface area contributed by atoms with Crippen molar-refractivity contribution in [3.63, 3.8) is 0 Å². The number of aryl methyl sites for hydroxylation is 2. The molecule has 1 aromatic heterocycles. The fourth-order valence-electron chi connectivity index (χ4n) is 3.97. The second kappa shape index (κ2) is 11.9. The van der Waals surface area contributed by atoms with Gasteiger partial charge in [-0.25, -0.2) is 0 Å². The fraction of sp³-hybridized carbons (Fsp3) is 0.320. The number of anilines is 1. The number of fused-ring (bicyclic) bond motifs is 1. The summed E-state index contributed by atoms with van der Waals surface area (Å²) in [5.74, 6) is 0.913. The van der Waals surface area contributed by atoms with E-state index in [0.29, 0.717) is 6.04 Å². The van der Waals surface area contributed by atoms with E-state index in [2.05, 4.69) is 21.3 Å². The zero-order chi connectivity index (χ0) is 26.3. The van der Waals surface area contributed by atoms with Crippen molar-refractivity contribution in [3.05, 3.63) is 84.2 Å². The van der Waals surface area contributed by atoms with Crippen LogP contribution in [0.25, 0.3) is 0 Å². The predicted molar refractivity (Wildman–Crippen MR) is 138 cm³/mol. The van der Waals surface area contributed by atoms with E-state index in [1.54, 1.807) is 24.3 Å². The van der Waals surface area contributed by atoms with Gasteiger partial charge in [0.15, 0.2) is 0 Å². The standard InChI is InChI=1S/C11H15N3.2C7H8O3S/c1-2-10(6-12-4-1)14-8-9-3-5-13-7-11(9)14;2*1-6-2-4-7(5-3-6)11(8,9)10/h1-2,4,6,9,11,13H,3,5,7-8H2;2*2-5H,1H3,(H,8,9,10)/t9-,11-;;/m1../s1. The number of hydrogen-bond acceptors (Lipinski definition) is 7. The minimum atomic E-state index is -4.02. The molecule has 0 aliphatic carbocycles. The van der Waals surface area contributed by atoms with Crippen LogP contribution in [0.15, 0.2) is 82.8 Å². The Bertz CT molecular complexity index is 1260. The van der Waals surface area contributed by atoms with Gasteiger partial charge in [-0.3, -0.25) is 14.1 Å². The molecular weight excluding hydrogens is 502 g/mol. The summed E-state index contributed by atoms with van der Waals surface area (Å²) in [7, 11) is -8.04. The van der Waals surface area contributed by atoms with Crippen LogP contribution >= 0.6 is 0 Å². The van der Waals surface area contributed by atoms with E-state index < -0.39 is 20.2 Å². The lowest BCUT2D eigenvalue weighted by molar-refractivity contribution is 0.229. The number of aromatic nitrogens is 1. The Morgan fingerprint density at radius 1 is 0.861 bits per heavy atom. The van der Waals surface area contributed by atoms with E-state index >= 15 is 0 Å². The molecule has 3 aromatic rings. The molecule has 0 saturated carbocycles. The number of hydrogen-bond donors (Lipinski definition) is 3. The molecule has 0 bridgehead atoms. The van der Waals surface area contributed by atoms with Gasteiger partial charge < -0.3 is 10.2 Å². The molecule has 0 radical (unpaired) electrons. The molecule has 36 heavy (non-hydrogen) atoms. The first kappa shape index (κ1) is 27.8. The molecule has 3 N–H and O–H groups in total. The highest BCUT2D eigenvalue weighted by atomic mass is 32.2. The highest BCUT2D eigenvalue weighted by Gasteiger charge is 2.40. The molecule has 194 valence electrons. The second-order valence-corrected chi connectivity index (χ2v) is 11.6. The van der Waals surface area contributed by atoms with Crippen molar-refractivity contribution in [2.24, 2.45) is 5.92 Å². The Kier molecular flexibility index (Phi) is 9.20. The third-order valence-electron chi connectivity index (χ3n) is 6.04. The van der Waals surface area contributed by atoms with Crippen molar-refractivity contribution in [2.45, 2.75) is 36.1 Å². The molecule has 2 aliphatic rings. The maximum atomic E-state index is 10.5. The fourth-order valence-corrected chi connectivity index (χ4v) is 4.93. The van der Waals surface area contributed by atoms with Crippen LogP contribution in [-0.2, 0) is 20.2 Å². The van der Waals surface area contributed by atoms with Crippen molar-refractivity contribution in [1.82, 2.24) is 10.3 Å². The molecule has 9 nitrogen and oxygen atoms in total.